The first-order valence-corrected chi connectivity index (χ1v) is 8.40. The van der Waals surface area contributed by atoms with Crippen LogP contribution in [0.25, 0.3) is 0 Å². The number of imidazole rings is 1. The van der Waals surface area contributed by atoms with E-state index in [9.17, 15) is 9.59 Å². The summed E-state index contributed by atoms with van der Waals surface area (Å²) < 4.78 is 6.67. The van der Waals surface area contributed by atoms with Crippen molar-refractivity contribution in [3.63, 3.8) is 0 Å². The van der Waals surface area contributed by atoms with E-state index in [4.69, 9.17) is 4.74 Å². The highest BCUT2D eigenvalue weighted by molar-refractivity contribution is 5.94. The summed E-state index contributed by atoms with van der Waals surface area (Å²) in [6.07, 6.45) is 6.36. The topological polar surface area (TPSA) is 64.4 Å². The molecule has 2 rings (SSSR count). The molecule has 0 aliphatic carbocycles. The minimum atomic E-state index is -0.313. The summed E-state index contributed by atoms with van der Waals surface area (Å²) in [4.78, 5) is 30.1. The van der Waals surface area contributed by atoms with Gasteiger partial charge in [0.1, 0.15) is 0 Å². The number of carbonyl (C=O) groups excluding carboxylic acids is 2. The van der Waals surface area contributed by atoms with Gasteiger partial charge in [-0.3, -0.25) is 9.59 Å². The van der Waals surface area contributed by atoms with E-state index in [-0.39, 0.29) is 18.3 Å². The molecule has 0 aliphatic rings. The molecular formula is C19H25N3O3. The molecule has 1 amide bonds. The van der Waals surface area contributed by atoms with E-state index in [0.29, 0.717) is 18.7 Å². The molecule has 0 bridgehead atoms. The first-order valence-electron chi connectivity index (χ1n) is 8.40. The molecule has 0 atom stereocenters. The normalized spacial score (nSPS) is 10.5. The van der Waals surface area contributed by atoms with Crippen molar-refractivity contribution < 1.29 is 14.3 Å². The van der Waals surface area contributed by atoms with Crippen molar-refractivity contribution >= 4 is 11.9 Å². The Hall–Kier alpha value is -2.63. The van der Waals surface area contributed by atoms with Crippen LogP contribution in [0.1, 0.15) is 34.3 Å². The summed E-state index contributed by atoms with van der Waals surface area (Å²) >= 11 is 0. The highest BCUT2D eigenvalue weighted by Gasteiger charge is 2.17. The van der Waals surface area contributed by atoms with Crippen molar-refractivity contribution in [1.82, 2.24) is 14.5 Å². The molecule has 6 nitrogen and oxygen atoms in total. The lowest BCUT2D eigenvalue weighted by atomic mass is 10.1. The highest BCUT2D eigenvalue weighted by atomic mass is 16.5. The molecule has 0 spiro atoms. The largest absolute Gasteiger partial charge is 0.469 e. The van der Waals surface area contributed by atoms with Crippen molar-refractivity contribution in [2.75, 3.05) is 20.2 Å². The van der Waals surface area contributed by atoms with Gasteiger partial charge in [-0.2, -0.15) is 0 Å². The Morgan fingerprint density at radius 1 is 1.20 bits per heavy atom. The van der Waals surface area contributed by atoms with Crippen molar-refractivity contribution in [2.24, 2.45) is 0 Å². The Morgan fingerprint density at radius 3 is 2.64 bits per heavy atom. The maximum atomic E-state index is 12.9. The Labute approximate surface area is 148 Å². The monoisotopic (exact) mass is 343 g/mol. The molecule has 0 saturated carbocycles. The SMILES string of the molecule is COC(=O)CCN(CCCn1ccnc1)C(=O)c1ccc(C)c(C)c1. The minimum absolute atomic E-state index is 0.0577. The quantitative estimate of drug-likeness (QED) is 0.691. The van der Waals surface area contributed by atoms with E-state index in [2.05, 4.69) is 4.98 Å². The van der Waals surface area contributed by atoms with Crippen LogP contribution in [0.5, 0.6) is 0 Å². The fourth-order valence-electron chi connectivity index (χ4n) is 2.56. The van der Waals surface area contributed by atoms with Crippen molar-refractivity contribution in [3.8, 4) is 0 Å². The van der Waals surface area contributed by atoms with Gasteiger partial charge in [0, 0.05) is 37.6 Å². The van der Waals surface area contributed by atoms with Crippen LogP contribution in [0.4, 0.5) is 0 Å². The number of methoxy groups -OCH3 is 1. The van der Waals surface area contributed by atoms with Crippen LogP contribution in [0.2, 0.25) is 0 Å². The van der Waals surface area contributed by atoms with Gasteiger partial charge in [-0.15, -0.1) is 0 Å². The maximum absolute atomic E-state index is 12.9. The van der Waals surface area contributed by atoms with Crippen LogP contribution in [-0.2, 0) is 16.1 Å². The Bertz CT molecular complexity index is 711. The smallest absolute Gasteiger partial charge is 0.307 e. The number of aryl methyl sites for hydroxylation is 3. The molecule has 0 fully saturated rings. The summed E-state index contributed by atoms with van der Waals surface area (Å²) in [5.74, 6) is -0.370. The van der Waals surface area contributed by atoms with E-state index in [1.54, 1.807) is 17.4 Å². The van der Waals surface area contributed by atoms with Gasteiger partial charge in [-0.05, 0) is 43.5 Å². The minimum Gasteiger partial charge on any atom is -0.469 e. The fraction of sp³-hybridized carbons (Fsp3) is 0.421. The third-order valence-corrected chi connectivity index (χ3v) is 4.26. The molecule has 0 unspecified atom stereocenters. The summed E-state index contributed by atoms with van der Waals surface area (Å²) in [7, 11) is 1.36. The molecule has 0 N–H and O–H groups in total. The van der Waals surface area contributed by atoms with Gasteiger partial charge in [-0.1, -0.05) is 6.07 Å². The van der Waals surface area contributed by atoms with Crippen molar-refractivity contribution in [3.05, 3.63) is 53.6 Å². The Kier molecular flexibility index (Phi) is 6.74. The van der Waals surface area contributed by atoms with E-state index >= 15 is 0 Å². The molecule has 0 saturated heterocycles. The molecule has 2 aromatic rings. The van der Waals surface area contributed by atoms with Crippen molar-refractivity contribution in [2.45, 2.75) is 33.2 Å². The van der Waals surface area contributed by atoms with E-state index in [1.807, 2.05) is 42.8 Å². The zero-order chi connectivity index (χ0) is 18.2. The maximum Gasteiger partial charge on any atom is 0.307 e. The molecule has 1 aromatic heterocycles. The summed E-state index contributed by atoms with van der Waals surface area (Å²) in [6, 6.07) is 5.69. The van der Waals surface area contributed by atoms with Crippen LogP contribution in [-0.4, -0.2) is 46.5 Å². The molecule has 134 valence electrons. The van der Waals surface area contributed by atoms with Crippen LogP contribution >= 0.6 is 0 Å². The predicted octanol–water partition coefficient (Wildman–Crippen LogP) is 2.60. The van der Waals surface area contributed by atoms with E-state index < -0.39 is 0 Å². The number of hydrogen-bond donors (Lipinski definition) is 0. The lowest BCUT2D eigenvalue weighted by molar-refractivity contribution is -0.140. The number of nitrogens with zero attached hydrogens (tertiary/aromatic N) is 3. The van der Waals surface area contributed by atoms with E-state index in [1.165, 1.54) is 7.11 Å². The highest BCUT2D eigenvalue weighted by Crippen LogP contribution is 2.13. The second-order valence-corrected chi connectivity index (χ2v) is 6.07. The molecule has 6 heteroatoms. The number of benzene rings is 1. The first kappa shape index (κ1) is 18.7. The number of hydrogen-bond acceptors (Lipinski definition) is 4. The van der Waals surface area contributed by atoms with Gasteiger partial charge in [0.2, 0.25) is 0 Å². The Balaban J connectivity index is 2.04. The predicted molar refractivity (Wildman–Crippen MR) is 95.3 cm³/mol. The number of rotatable bonds is 8. The van der Waals surface area contributed by atoms with Gasteiger partial charge in [0.05, 0.1) is 19.9 Å². The van der Waals surface area contributed by atoms with Gasteiger partial charge in [0.15, 0.2) is 0 Å². The van der Waals surface area contributed by atoms with Crippen LogP contribution in [0, 0.1) is 13.8 Å². The van der Waals surface area contributed by atoms with Crippen LogP contribution in [0.3, 0.4) is 0 Å². The molecule has 0 radical (unpaired) electrons. The van der Waals surface area contributed by atoms with Crippen LogP contribution < -0.4 is 0 Å². The molecule has 0 aliphatic heterocycles. The first-order chi connectivity index (χ1) is 12.0. The second kappa shape index (κ2) is 9.01. The summed E-state index contributed by atoms with van der Waals surface area (Å²) in [6.45, 7) is 5.70. The standard InChI is InChI=1S/C19H25N3O3/c1-15-5-6-17(13-16(15)2)19(24)22(11-7-18(23)25-3)10-4-9-21-12-8-20-14-21/h5-6,8,12-14H,4,7,9-11H2,1-3H3. The average molecular weight is 343 g/mol. The number of ether oxygens (including phenoxy) is 1. The van der Waals surface area contributed by atoms with E-state index in [0.717, 1.165) is 24.1 Å². The zero-order valence-electron chi connectivity index (χ0n) is 15.1. The average Bonchev–Trinajstić information content (AvgIpc) is 3.12. The zero-order valence-corrected chi connectivity index (χ0v) is 15.1. The lowest BCUT2D eigenvalue weighted by Crippen LogP contribution is -2.34. The lowest BCUT2D eigenvalue weighted by Gasteiger charge is -2.23. The number of aromatic nitrogens is 2. The molecule has 25 heavy (non-hydrogen) atoms. The van der Waals surface area contributed by atoms with Gasteiger partial charge >= 0.3 is 5.97 Å². The second-order valence-electron chi connectivity index (χ2n) is 6.07. The number of carbonyl (C=O) groups is 2. The summed E-state index contributed by atoms with van der Waals surface area (Å²) in [5.41, 5.74) is 2.88. The third kappa shape index (κ3) is 5.45. The molecule has 1 aromatic carbocycles. The third-order valence-electron chi connectivity index (χ3n) is 4.26. The number of amides is 1. The van der Waals surface area contributed by atoms with Gasteiger partial charge < -0.3 is 14.2 Å². The van der Waals surface area contributed by atoms with Gasteiger partial charge in [-0.25, -0.2) is 4.98 Å². The molecular weight excluding hydrogens is 318 g/mol. The fourth-order valence-corrected chi connectivity index (χ4v) is 2.56. The van der Waals surface area contributed by atoms with Crippen molar-refractivity contribution in [1.29, 1.82) is 0 Å². The Morgan fingerprint density at radius 2 is 2.00 bits per heavy atom. The molecule has 1 heterocycles. The van der Waals surface area contributed by atoms with Crippen LogP contribution in [0.15, 0.2) is 36.9 Å². The summed E-state index contributed by atoms with van der Waals surface area (Å²) in [5, 5.41) is 0. The van der Waals surface area contributed by atoms with Gasteiger partial charge in [0.25, 0.3) is 5.91 Å². The number of esters is 1.